The van der Waals surface area contributed by atoms with Gasteiger partial charge >= 0.3 is 0 Å². The van der Waals surface area contributed by atoms with Crippen LogP contribution in [-0.2, 0) is 0 Å². The maximum absolute atomic E-state index is 4.96. The third-order valence-electron chi connectivity index (χ3n) is 13.2. The number of fused-ring (bicyclic) bond motifs is 6. The van der Waals surface area contributed by atoms with Crippen LogP contribution in [-0.4, -0.2) is 32.1 Å². The van der Waals surface area contributed by atoms with Crippen molar-refractivity contribution >= 4 is 35.4 Å². The van der Waals surface area contributed by atoms with Gasteiger partial charge in [0.15, 0.2) is 0 Å². The molecule has 24 bridgehead atoms. The Morgan fingerprint density at radius 3 is 0.667 bits per heavy atom. The fourth-order valence-electron chi connectivity index (χ4n) is 9.36. The SMILES string of the molecule is C1=CC2=NC1=Cc1ccc([nH]1)-c1ccc(cc1)-c1ccc(cc1)C1=NC(=Cc3ccc([nH]3)-c3ccc(cc3)-c3ccc(cc3)C3=NC(=Cc4ccc([nH]4)-c4ccc(cc4)-c4ccc2cc4)C=C3)C=C1. The summed E-state index contributed by atoms with van der Waals surface area (Å²) in [6.07, 6.45) is 18.8. The zero-order valence-electron chi connectivity index (χ0n) is 37.4. The monoisotopic (exact) mass is 882 g/mol. The molecule has 3 N–H and O–H groups in total. The van der Waals surface area contributed by atoms with E-state index in [9.17, 15) is 0 Å². The number of hydrogen-bond acceptors (Lipinski definition) is 3. The van der Waals surface area contributed by atoms with Gasteiger partial charge in [-0.1, -0.05) is 146 Å². The van der Waals surface area contributed by atoms with Crippen LogP contribution in [0.1, 0.15) is 33.8 Å². The van der Waals surface area contributed by atoms with Gasteiger partial charge in [0.2, 0.25) is 0 Å². The smallest absolute Gasteiger partial charge is 0.0710 e. The first-order valence-corrected chi connectivity index (χ1v) is 23.2. The molecule has 0 atom stereocenters. The quantitative estimate of drug-likeness (QED) is 0.136. The van der Waals surface area contributed by atoms with Crippen LogP contribution < -0.4 is 0 Å². The molecule has 13 heterocycles. The van der Waals surface area contributed by atoms with Gasteiger partial charge < -0.3 is 15.0 Å². The lowest BCUT2D eigenvalue weighted by Gasteiger charge is -2.06. The summed E-state index contributed by atoms with van der Waals surface area (Å²) in [7, 11) is 0. The standard InChI is InChI=1S/C63H42N6/c1-13-46-14-2-40(1)41-3-15-47(16-4-41)59-32-26-54(65-59)38-55-28-34-61(67-55)49-19-7-44(8-20-49)45-11-23-51(24-12-45)63-36-30-57(69-63)39-56-29-35-62(68-56)50-21-9-43(10-22-50)42-5-17-48(18-6-42)60-33-27-53(66-60)37-52-25-31-58(46)64-52/h1-39,64,67-68H. The maximum Gasteiger partial charge on any atom is 0.0710 e. The van der Waals surface area contributed by atoms with Crippen molar-refractivity contribution in [3.8, 4) is 67.2 Å². The normalized spacial score (nSPS) is 14.4. The van der Waals surface area contributed by atoms with Gasteiger partial charge in [-0.15, -0.1) is 0 Å². The Bertz CT molecular complexity index is 3340. The van der Waals surface area contributed by atoms with Crippen molar-refractivity contribution in [1.82, 2.24) is 15.0 Å². The lowest BCUT2D eigenvalue weighted by molar-refractivity contribution is 1.35. The molecule has 0 saturated heterocycles. The van der Waals surface area contributed by atoms with Gasteiger partial charge in [-0.3, -0.25) is 0 Å². The molecule has 6 aromatic carbocycles. The van der Waals surface area contributed by atoms with Gasteiger partial charge in [-0.2, -0.15) is 0 Å². The number of aliphatic imine (C=N–C) groups is 3. The largest absolute Gasteiger partial charge is 0.355 e. The zero-order chi connectivity index (χ0) is 45.7. The molecule has 6 nitrogen and oxygen atoms in total. The molecular weight excluding hydrogens is 841 g/mol. The Hall–Kier alpha value is -9.39. The number of rotatable bonds is 0. The van der Waals surface area contributed by atoms with Gasteiger partial charge in [-0.05, 0) is 141 Å². The van der Waals surface area contributed by atoms with E-state index >= 15 is 0 Å². The van der Waals surface area contributed by atoms with Gasteiger partial charge in [0, 0.05) is 50.9 Å². The molecule has 0 amide bonds. The van der Waals surface area contributed by atoms with Crippen LogP contribution in [0.25, 0.3) is 85.4 Å². The topological polar surface area (TPSA) is 84.4 Å². The van der Waals surface area contributed by atoms with Gasteiger partial charge in [0.05, 0.1) is 34.2 Å². The van der Waals surface area contributed by atoms with Crippen LogP contribution in [0.5, 0.6) is 0 Å². The van der Waals surface area contributed by atoms with E-state index in [-0.39, 0.29) is 0 Å². The number of H-pyrrole nitrogens is 3. The molecule has 9 aromatic rings. The molecule has 19 rings (SSSR count). The molecular formula is C63H42N6. The first-order valence-electron chi connectivity index (χ1n) is 23.2. The van der Waals surface area contributed by atoms with Crippen molar-refractivity contribution in [3.63, 3.8) is 0 Å². The highest BCUT2D eigenvalue weighted by atomic mass is 14.8. The lowest BCUT2D eigenvalue weighted by Crippen LogP contribution is -1.93. The highest BCUT2D eigenvalue weighted by molar-refractivity contribution is 6.13. The van der Waals surface area contributed by atoms with Crippen LogP contribution in [0.3, 0.4) is 0 Å². The minimum atomic E-state index is 0.913. The van der Waals surface area contributed by atoms with E-state index in [1.54, 1.807) is 0 Å². The molecule has 6 heteroatoms. The molecule has 0 unspecified atom stereocenters. The van der Waals surface area contributed by atoms with Crippen LogP contribution in [0, 0.1) is 0 Å². The summed E-state index contributed by atoms with van der Waals surface area (Å²) < 4.78 is 0. The minimum Gasteiger partial charge on any atom is -0.355 e. The minimum absolute atomic E-state index is 0.913. The third-order valence-corrected chi connectivity index (χ3v) is 13.2. The average molecular weight is 883 g/mol. The second-order valence-corrected chi connectivity index (χ2v) is 17.6. The molecule has 0 aliphatic carbocycles. The summed E-state index contributed by atoms with van der Waals surface area (Å²) in [6.45, 7) is 0. The third kappa shape index (κ3) is 8.06. The predicted octanol–water partition coefficient (Wildman–Crippen LogP) is 15.2. The summed E-state index contributed by atoms with van der Waals surface area (Å²) in [6, 6.07) is 64.8. The van der Waals surface area contributed by atoms with E-state index in [0.717, 1.165) is 135 Å². The molecule has 324 valence electrons. The second-order valence-electron chi connectivity index (χ2n) is 17.6. The predicted molar refractivity (Wildman–Crippen MR) is 286 cm³/mol. The summed E-state index contributed by atoms with van der Waals surface area (Å²) in [5, 5.41) is 0. The van der Waals surface area contributed by atoms with Crippen molar-refractivity contribution in [2.75, 3.05) is 0 Å². The summed E-state index contributed by atoms with van der Waals surface area (Å²) in [5.41, 5.74) is 25.4. The average Bonchev–Trinajstić information content (AvgIpc) is 4.28. The number of aromatic nitrogens is 3. The lowest BCUT2D eigenvalue weighted by atomic mass is 10.0. The number of benzene rings is 6. The number of aromatic amines is 3. The van der Waals surface area contributed by atoms with E-state index in [4.69, 9.17) is 15.0 Å². The van der Waals surface area contributed by atoms with Crippen molar-refractivity contribution in [2.24, 2.45) is 15.0 Å². The molecule has 0 saturated carbocycles. The van der Waals surface area contributed by atoms with Crippen molar-refractivity contribution < 1.29 is 0 Å². The molecule has 10 aliphatic heterocycles. The highest BCUT2D eigenvalue weighted by Crippen LogP contribution is 2.31. The van der Waals surface area contributed by atoms with Crippen LogP contribution >= 0.6 is 0 Å². The Labute approximate surface area is 400 Å². The molecule has 0 spiro atoms. The fraction of sp³-hybridized carbons (Fsp3) is 0. The Balaban J connectivity index is 0.786. The first kappa shape index (κ1) is 39.9. The molecule has 3 aromatic heterocycles. The van der Waals surface area contributed by atoms with Crippen molar-refractivity contribution in [3.05, 3.63) is 269 Å². The number of nitrogens with zero attached hydrogens (tertiary/aromatic N) is 3. The number of nitrogens with one attached hydrogen (secondary N) is 3. The molecule has 10 aliphatic rings. The van der Waals surface area contributed by atoms with Gasteiger partial charge in [0.25, 0.3) is 0 Å². The highest BCUT2D eigenvalue weighted by Gasteiger charge is 2.14. The molecule has 0 radical (unpaired) electrons. The van der Waals surface area contributed by atoms with E-state index in [1.165, 1.54) is 0 Å². The number of hydrogen-bond donors (Lipinski definition) is 3. The summed E-state index contributed by atoms with van der Waals surface area (Å²) >= 11 is 0. The molecule has 0 fully saturated rings. The second kappa shape index (κ2) is 16.8. The van der Waals surface area contributed by atoms with E-state index in [0.29, 0.717) is 0 Å². The molecule has 69 heavy (non-hydrogen) atoms. The Morgan fingerprint density at radius 1 is 0.203 bits per heavy atom. The van der Waals surface area contributed by atoms with E-state index in [1.807, 2.05) is 0 Å². The van der Waals surface area contributed by atoms with Crippen molar-refractivity contribution in [2.45, 2.75) is 0 Å². The van der Waals surface area contributed by atoms with E-state index < -0.39 is 0 Å². The van der Waals surface area contributed by atoms with Crippen LogP contribution in [0.2, 0.25) is 0 Å². The Morgan fingerprint density at radius 2 is 0.420 bits per heavy atom. The Kier molecular flexibility index (Phi) is 9.72. The number of allylic oxidation sites excluding steroid dienone is 6. The van der Waals surface area contributed by atoms with Gasteiger partial charge in [-0.25, -0.2) is 15.0 Å². The van der Waals surface area contributed by atoms with Gasteiger partial charge in [0.1, 0.15) is 0 Å². The summed E-state index contributed by atoms with van der Waals surface area (Å²) in [5.74, 6) is 0. The van der Waals surface area contributed by atoms with E-state index in [2.05, 4.69) is 252 Å². The summed E-state index contributed by atoms with van der Waals surface area (Å²) in [4.78, 5) is 25.6. The van der Waals surface area contributed by atoms with Crippen LogP contribution in [0.15, 0.2) is 251 Å². The first-order chi connectivity index (χ1) is 34.0. The maximum atomic E-state index is 4.96. The zero-order valence-corrected chi connectivity index (χ0v) is 37.4. The van der Waals surface area contributed by atoms with Crippen molar-refractivity contribution in [1.29, 1.82) is 0 Å². The van der Waals surface area contributed by atoms with Crippen LogP contribution in [0.4, 0.5) is 0 Å². The fourth-order valence-corrected chi connectivity index (χ4v) is 9.36.